The zero-order chi connectivity index (χ0) is 13.2. The van der Waals surface area contributed by atoms with Crippen LogP contribution in [0.4, 0.5) is 0 Å². The summed E-state index contributed by atoms with van der Waals surface area (Å²) in [5.74, 6) is 2.53. The molecule has 106 valence electrons. The fourth-order valence-electron chi connectivity index (χ4n) is 4.44. The second-order valence-electron chi connectivity index (χ2n) is 7.13. The molecule has 2 N–H and O–H groups in total. The standard InChI is InChI=1S/C16H32N2/c1-13-8-9-14(2)16(10-13,12-17)18(3)11-15-6-4-5-7-15/h13-15H,4-12,17H2,1-3H3. The minimum Gasteiger partial charge on any atom is -0.329 e. The quantitative estimate of drug-likeness (QED) is 0.832. The first-order valence-corrected chi connectivity index (χ1v) is 8.00. The van der Waals surface area contributed by atoms with Crippen LogP contribution < -0.4 is 5.73 Å². The summed E-state index contributed by atoms with van der Waals surface area (Å²) in [6.45, 7) is 6.93. The molecule has 0 aliphatic heterocycles. The average Bonchev–Trinajstić information content (AvgIpc) is 2.85. The van der Waals surface area contributed by atoms with Crippen molar-refractivity contribution in [3.05, 3.63) is 0 Å². The van der Waals surface area contributed by atoms with Crippen LogP contribution in [0.15, 0.2) is 0 Å². The van der Waals surface area contributed by atoms with Gasteiger partial charge in [0, 0.05) is 18.6 Å². The number of hydrogen-bond acceptors (Lipinski definition) is 2. The maximum atomic E-state index is 6.22. The van der Waals surface area contributed by atoms with Gasteiger partial charge in [-0.15, -0.1) is 0 Å². The molecule has 3 unspecified atom stereocenters. The van der Waals surface area contributed by atoms with Crippen LogP contribution >= 0.6 is 0 Å². The topological polar surface area (TPSA) is 29.3 Å². The molecular weight excluding hydrogens is 220 g/mol. The summed E-state index contributed by atoms with van der Waals surface area (Å²) >= 11 is 0. The fourth-order valence-corrected chi connectivity index (χ4v) is 4.44. The van der Waals surface area contributed by atoms with E-state index in [0.29, 0.717) is 0 Å². The third-order valence-corrected chi connectivity index (χ3v) is 5.83. The van der Waals surface area contributed by atoms with E-state index in [4.69, 9.17) is 5.73 Å². The molecule has 0 amide bonds. The summed E-state index contributed by atoms with van der Waals surface area (Å²) in [7, 11) is 2.33. The first kappa shape index (κ1) is 14.3. The maximum Gasteiger partial charge on any atom is 0.0356 e. The molecule has 0 aromatic heterocycles. The first-order valence-electron chi connectivity index (χ1n) is 8.00. The largest absolute Gasteiger partial charge is 0.329 e. The molecule has 2 saturated carbocycles. The summed E-state index contributed by atoms with van der Waals surface area (Å²) in [4.78, 5) is 2.64. The molecule has 2 heteroatoms. The number of hydrogen-bond donors (Lipinski definition) is 1. The summed E-state index contributed by atoms with van der Waals surface area (Å²) in [6.07, 6.45) is 9.81. The third-order valence-electron chi connectivity index (χ3n) is 5.83. The van der Waals surface area contributed by atoms with Crippen molar-refractivity contribution in [2.45, 2.75) is 64.3 Å². The molecule has 0 aromatic rings. The Morgan fingerprint density at radius 3 is 2.39 bits per heavy atom. The second-order valence-corrected chi connectivity index (χ2v) is 7.13. The van der Waals surface area contributed by atoms with E-state index in [-0.39, 0.29) is 5.54 Å². The Labute approximate surface area is 113 Å². The summed E-state index contributed by atoms with van der Waals surface area (Å²) in [5, 5.41) is 0. The summed E-state index contributed by atoms with van der Waals surface area (Å²) in [6, 6.07) is 0. The van der Waals surface area contributed by atoms with Crippen LogP contribution in [0.5, 0.6) is 0 Å². The molecule has 0 spiro atoms. The van der Waals surface area contributed by atoms with Gasteiger partial charge in [0.1, 0.15) is 0 Å². The van der Waals surface area contributed by atoms with Gasteiger partial charge in [0.05, 0.1) is 0 Å². The van der Waals surface area contributed by atoms with E-state index in [1.54, 1.807) is 0 Å². The lowest BCUT2D eigenvalue weighted by Crippen LogP contribution is -2.59. The normalized spacial score (nSPS) is 38.5. The van der Waals surface area contributed by atoms with E-state index in [9.17, 15) is 0 Å². The highest BCUT2D eigenvalue weighted by molar-refractivity contribution is 4.99. The highest BCUT2D eigenvalue weighted by Gasteiger charge is 2.43. The summed E-state index contributed by atoms with van der Waals surface area (Å²) in [5.41, 5.74) is 6.50. The Balaban J connectivity index is 2.04. The number of rotatable bonds is 4. The smallest absolute Gasteiger partial charge is 0.0356 e. The molecule has 0 saturated heterocycles. The van der Waals surface area contributed by atoms with Gasteiger partial charge in [0.25, 0.3) is 0 Å². The van der Waals surface area contributed by atoms with Crippen molar-refractivity contribution >= 4 is 0 Å². The van der Waals surface area contributed by atoms with Crippen molar-refractivity contribution in [1.29, 1.82) is 0 Å². The monoisotopic (exact) mass is 252 g/mol. The van der Waals surface area contributed by atoms with Crippen LogP contribution in [0.25, 0.3) is 0 Å². The van der Waals surface area contributed by atoms with Crippen molar-refractivity contribution in [2.75, 3.05) is 20.1 Å². The van der Waals surface area contributed by atoms with Gasteiger partial charge in [-0.2, -0.15) is 0 Å². The van der Waals surface area contributed by atoms with Crippen LogP contribution in [0.1, 0.15) is 58.8 Å². The van der Waals surface area contributed by atoms with Gasteiger partial charge in [-0.25, -0.2) is 0 Å². The van der Waals surface area contributed by atoms with Crippen LogP contribution in [0.3, 0.4) is 0 Å². The number of likely N-dealkylation sites (N-methyl/N-ethyl adjacent to an activating group) is 1. The second kappa shape index (κ2) is 5.92. The van der Waals surface area contributed by atoms with Gasteiger partial charge in [-0.3, -0.25) is 4.90 Å². The lowest BCUT2D eigenvalue weighted by Gasteiger charge is -2.51. The van der Waals surface area contributed by atoms with E-state index in [2.05, 4.69) is 25.8 Å². The molecule has 0 aromatic carbocycles. The van der Waals surface area contributed by atoms with Gasteiger partial charge in [0.2, 0.25) is 0 Å². The minimum atomic E-state index is 0.278. The van der Waals surface area contributed by atoms with Crippen LogP contribution in [-0.4, -0.2) is 30.6 Å². The zero-order valence-electron chi connectivity index (χ0n) is 12.6. The van der Waals surface area contributed by atoms with E-state index in [1.807, 2.05) is 0 Å². The van der Waals surface area contributed by atoms with Crippen molar-refractivity contribution in [3.8, 4) is 0 Å². The maximum absolute atomic E-state index is 6.22. The molecule has 2 aliphatic carbocycles. The first-order chi connectivity index (χ1) is 8.58. The Hall–Kier alpha value is -0.0800. The van der Waals surface area contributed by atoms with Crippen molar-refractivity contribution < 1.29 is 0 Å². The Morgan fingerprint density at radius 2 is 1.78 bits per heavy atom. The van der Waals surface area contributed by atoms with Crippen molar-refractivity contribution in [1.82, 2.24) is 4.90 Å². The van der Waals surface area contributed by atoms with E-state index >= 15 is 0 Å². The highest BCUT2D eigenvalue weighted by Crippen LogP contribution is 2.41. The molecule has 0 bridgehead atoms. The lowest BCUT2D eigenvalue weighted by molar-refractivity contribution is 0.00548. The third kappa shape index (κ3) is 2.75. The summed E-state index contributed by atoms with van der Waals surface area (Å²) < 4.78 is 0. The van der Waals surface area contributed by atoms with E-state index in [1.165, 1.54) is 51.5 Å². The molecular formula is C16H32N2. The Morgan fingerprint density at radius 1 is 1.11 bits per heavy atom. The number of nitrogens with zero attached hydrogens (tertiary/aromatic N) is 1. The van der Waals surface area contributed by atoms with Crippen LogP contribution in [0.2, 0.25) is 0 Å². The van der Waals surface area contributed by atoms with Gasteiger partial charge in [0.15, 0.2) is 0 Å². The lowest BCUT2D eigenvalue weighted by atomic mass is 9.68. The Bertz CT molecular complexity index is 260. The van der Waals surface area contributed by atoms with Crippen LogP contribution in [-0.2, 0) is 0 Å². The van der Waals surface area contributed by atoms with Crippen LogP contribution in [0, 0.1) is 17.8 Å². The molecule has 0 heterocycles. The predicted octanol–water partition coefficient (Wildman–Crippen LogP) is 3.26. The molecule has 2 aliphatic rings. The predicted molar refractivity (Wildman–Crippen MR) is 78.6 cm³/mol. The van der Waals surface area contributed by atoms with E-state index < -0.39 is 0 Å². The Kier molecular flexibility index (Phi) is 4.71. The van der Waals surface area contributed by atoms with Gasteiger partial charge >= 0.3 is 0 Å². The van der Waals surface area contributed by atoms with Gasteiger partial charge in [-0.05, 0) is 50.5 Å². The van der Waals surface area contributed by atoms with Crippen molar-refractivity contribution in [2.24, 2.45) is 23.5 Å². The highest BCUT2D eigenvalue weighted by atomic mass is 15.2. The SMILES string of the molecule is CC1CCC(C)C(CN)(N(C)CC2CCCC2)C1. The molecule has 18 heavy (non-hydrogen) atoms. The minimum absolute atomic E-state index is 0.278. The molecule has 2 fully saturated rings. The molecule has 2 nitrogen and oxygen atoms in total. The van der Waals surface area contributed by atoms with E-state index in [0.717, 1.165) is 24.3 Å². The molecule has 0 radical (unpaired) electrons. The fraction of sp³-hybridized carbons (Fsp3) is 1.00. The average molecular weight is 252 g/mol. The zero-order valence-corrected chi connectivity index (χ0v) is 12.6. The number of nitrogens with two attached hydrogens (primary N) is 1. The van der Waals surface area contributed by atoms with Crippen molar-refractivity contribution in [3.63, 3.8) is 0 Å². The molecule has 3 atom stereocenters. The van der Waals surface area contributed by atoms with Gasteiger partial charge in [-0.1, -0.05) is 33.1 Å². The van der Waals surface area contributed by atoms with Gasteiger partial charge < -0.3 is 5.73 Å². The molecule has 2 rings (SSSR count).